The number of hydrogen-bond donors (Lipinski definition) is 0. The third-order valence-electron chi connectivity index (χ3n) is 11.7. The molecule has 2 aliphatic rings. The first-order valence-corrected chi connectivity index (χ1v) is 18.8. The molecule has 2 aromatic heterocycles. The zero-order valence-electron chi connectivity index (χ0n) is 32.1. The van der Waals surface area contributed by atoms with E-state index in [4.69, 9.17) is 14.7 Å². The van der Waals surface area contributed by atoms with E-state index in [1.807, 2.05) is 30.1 Å². The molecule has 4 aromatic carbocycles. The van der Waals surface area contributed by atoms with Gasteiger partial charge >= 0.3 is 21.1 Å². The average molecular weight is 885 g/mol. The van der Waals surface area contributed by atoms with Crippen LogP contribution in [0.4, 0.5) is 0 Å². The normalized spacial score (nSPS) is 20.8. The smallest absolute Gasteiger partial charge is 0.503 e. The molecule has 2 atom stereocenters. The van der Waals surface area contributed by atoms with Gasteiger partial charge in [0.05, 0.1) is 10.3 Å². The topological polar surface area (TPSA) is 39.4 Å². The molecule has 3 heterocycles. The molecule has 0 bridgehead atoms. The maximum absolute atomic E-state index is 6.64. The van der Waals surface area contributed by atoms with Crippen molar-refractivity contribution in [1.82, 2.24) is 9.55 Å². The van der Waals surface area contributed by atoms with E-state index in [0.717, 1.165) is 38.4 Å². The Morgan fingerprint density at radius 2 is 1.42 bits per heavy atom. The Labute approximate surface area is 327 Å². The number of fused-ring (bicyclic) bond motifs is 6. The Morgan fingerprint density at radius 3 is 2.13 bits per heavy atom. The molecule has 0 radical (unpaired) electrons. The Morgan fingerprint density at radius 1 is 0.731 bits per heavy atom. The summed E-state index contributed by atoms with van der Waals surface area (Å²) in [6.07, 6.45) is 1.92. The summed E-state index contributed by atoms with van der Waals surface area (Å²) in [5.74, 6) is 2.16. The Bertz CT molecular complexity index is 2430. The van der Waals surface area contributed by atoms with Gasteiger partial charge in [0.15, 0.2) is 0 Å². The molecule has 268 valence electrons. The fraction of sp³-hybridized carbons (Fsp3) is 0.348. The van der Waals surface area contributed by atoms with Crippen LogP contribution < -0.4 is 4.74 Å². The number of thioether (sulfide) groups is 1. The number of benzene rings is 4. The molecule has 0 unspecified atom stereocenters. The van der Waals surface area contributed by atoms with Crippen LogP contribution >= 0.6 is 11.8 Å². The Kier molecular flexibility index (Phi) is 8.60. The number of hydrogen-bond acceptors (Lipinski definition) is 4. The SMILES string of the molecule is Cc1cc(Oc2[c-]c3c(cc2)c2cc(C(C)(C)C)ccc2n3-c2cc(C(C)(C)C)ccn2)[c-]c(C2=N[C@]3(C)C(C)(C)c4ccccc4[C@]3(C)S2)c1.[Pt+2]. The fourth-order valence-corrected chi connectivity index (χ4v) is 9.79. The van der Waals surface area contributed by atoms with Crippen molar-refractivity contribution in [2.24, 2.45) is 4.99 Å². The van der Waals surface area contributed by atoms with E-state index >= 15 is 0 Å². The van der Waals surface area contributed by atoms with Crippen molar-refractivity contribution in [2.75, 3.05) is 0 Å². The number of aliphatic imine (C=N–C) groups is 1. The van der Waals surface area contributed by atoms with E-state index in [1.165, 1.54) is 27.6 Å². The molecule has 6 aromatic rings. The summed E-state index contributed by atoms with van der Waals surface area (Å²) in [5, 5.41) is 3.31. The third kappa shape index (κ3) is 5.52. The summed E-state index contributed by atoms with van der Waals surface area (Å²) >= 11 is 1.86. The molecule has 1 aliphatic heterocycles. The van der Waals surface area contributed by atoms with Gasteiger partial charge in [-0.25, -0.2) is 4.98 Å². The first-order valence-electron chi connectivity index (χ1n) is 18.0. The van der Waals surface area contributed by atoms with E-state index in [-0.39, 0.29) is 47.6 Å². The van der Waals surface area contributed by atoms with Gasteiger partial charge in [-0.05, 0) is 70.5 Å². The standard InChI is InChI=1S/C46H47N3OS.Pt/c1-28-22-29(41-48-46(11)44(8,9)36-14-12-13-15-37(36)45(46,10)51-41)24-33(23-28)50-32-17-18-34-35-25-30(42(2,3)4)16-19-38(35)49(39(34)27-32)40-26-31(20-21-47-40)43(5,6)7;/h12-23,25-26H,1-11H3;/q-2;+2/t45-,46+;/m0./s1. The minimum absolute atomic E-state index is 0. The maximum atomic E-state index is 6.64. The van der Waals surface area contributed by atoms with Gasteiger partial charge in [-0.15, -0.1) is 46.5 Å². The number of aromatic nitrogens is 2. The molecule has 0 amide bonds. The minimum atomic E-state index is -0.306. The van der Waals surface area contributed by atoms with Crippen LogP contribution in [0.5, 0.6) is 11.5 Å². The number of nitrogens with zero attached hydrogens (tertiary/aromatic N) is 3. The van der Waals surface area contributed by atoms with Gasteiger partial charge in [0, 0.05) is 33.7 Å². The van der Waals surface area contributed by atoms with E-state index < -0.39 is 0 Å². The van der Waals surface area contributed by atoms with E-state index in [9.17, 15) is 0 Å². The number of ether oxygens (including phenoxy) is 1. The van der Waals surface area contributed by atoms with E-state index in [0.29, 0.717) is 11.5 Å². The van der Waals surface area contributed by atoms with Crippen LogP contribution in [0.1, 0.15) is 103 Å². The molecule has 52 heavy (non-hydrogen) atoms. The molecule has 0 spiro atoms. The Balaban J connectivity index is 0.00000420. The molecule has 0 saturated heterocycles. The first kappa shape index (κ1) is 36.7. The van der Waals surface area contributed by atoms with Gasteiger partial charge in [-0.1, -0.05) is 116 Å². The molecule has 6 heteroatoms. The monoisotopic (exact) mass is 884 g/mol. The molecule has 0 fully saturated rings. The van der Waals surface area contributed by atoms with E-state index in [2.05, 4.69) is 160 Å². The average Bonchev–Trinajstić information content (AvgIpc) is 3.59. The quantitative estimate of drug-likeness (QED) is 0.166. The zero-order valence-corrected chi connectivity index (χ0v) is 35.1. The van der Waals surface area contributed by atoms with Crippen molar-refractivity contribution in [3.8, 4) is 17.3 Å². The van der Waals surface area contributed by atoms with Gasteiger partial charge in [-0.2, -0.15) is 6.07 Å². The van der Waals surface area contributed by atoms with Gasteiger partial charge in [-0.3, -0.25) is 0 Å². The van der Waals surface area contributed by atoms with Crippen LogP contribution in [0.15, 0.2) is 90.1 Å². The molecular formula is C46H47N3OPtS. The van der Waals surface area contributed by atoms with E-state index in [1.54, 1.807) is 0 Å². The summed E-state index contributed by atoms with van der Waals surface area (Å²) in [6.45, 7) is 24.9. The largest absolute Gasteiger partial charge is 2.00 e. The third-order valence-corrected chi connectivity index (χ3v) is 13.2. The van der Waals surface area contributed by atoms with Gasteiger partial charge < -0.3 is 14.3 Å². The second kappa shape index (κ2) is 12.2. The second-order valence-corrected chi connectivity index (χ2v) is 18.8. The summed E-state index contributed by atoms with van der Waals surface area (Å²) in [4.78, 5) is 10.4. The second-order valence-electron chi connectivity index (χ2n) is 17.4. The van der Waals surface area contributed by atoms with Crippen molar-refractivity contribution >= 4 is 38.6 Å². The molecule has 1 aliphatic carbocycles. The number of aryl methyl sites for hydroxylation is 1. The number of pyridine rings is 1. The van der Waals surface area contributed by atoms with Crippen LogP contribution in [-0.4, -0.2) is 20.1 Å². The van der Waals surface area contributed by atoms with Gasteiger partial charge in [0.25, 0.3) is 0 Å². The molecule has 4 nitrogen and oxygen atoms in total. The van der Waals surface area contributed by atoms with Gasteiger partial charge in [0.2, 0.25) is 0 Å². The van der Waals surface area contributed by atoms with Crippen LogP contribution in [0.25, 0.3) is 27.6 Å². The minimum Gasteiger partial charge on any atom is -0.503 e. The van der Waals surface area contributed by atoms with Crippen molar-refractivity contribution in [2.45, 2.75) is 103 Å². The van der Waals surface area contributed by atoms with Crippen LogP contribution in [0.2, 0.25) is 0 Å². The molecular weight excluding hydrogens is 838 g/mol. The van der Waals surface area contributed by atoms with Crippen LogP contribution in [0.3, 0.4) is 0 Å². The maximum Gasteiger partial charge on any atom is 2.00 e. The summed E-state index contributed by atoms with van der Waals surface area (Å²) in [7, 11) is 0. The van der Waals surface area contributed by atoms with Crippen molar-refractivity contribution in [3.05, 3.63) is 131 Å². The van der Waals surface area contributed by atoms with Crippen molar-refractivity contribution in [1.29, 1.82) is 0 Å². The molecule has 0 saturated carbocycles. The van der Waals surface area contributed by atoms with Crippen LogP contribution in [-0.2, 0) is 42.1 Å². The van der Waals surface area contributed by atoms with Crippen LogP contribution in [0, 0.1) is 19.1 Å². The Hall–Kier alpha value is -3.66. The fourth-order valence-electron chi connectivity index (χ4n) is 8.17. The summed E-state index contributed by atoms with van der Waals surface area (Å²) < 4.78 is 8.69. The molecule has 0 N–H and O–H groups in total. The predicted octanol–water partition coefficient (Wildman–Crippen LogP) is 11.9. The first-order chi connectivity index (χ1) is 23.9. The molecule has 8 rings (SSSR count). The predicted molar refractivity (Wildman–Crippen MR) is 214 cm³/mol. The number of rotatable bonds is 4. The summed E-state index contributed by atoms with van der Waals surface area (Å²) in [5.41, 5.74) is 8.97. The van der Waals surface area contributed by atoms with Gasteiger partial charge in [0.1, 0.15) is 5.82 Å². The summed E-state index contributed by atoms with van der Waals surface area (Å²) in [6, 6.07) is 35.7. The van der Waals surface area contributed by atoms with Crippen molar-refractivity contribution in [3.63, 3.8) is 0 Å². The zero-order chi connectivity index (χ0) is 36.3. The van der Waals surface area contributed by atoms with Crippen molar-refractivity contribution < 1.29 is 25.8 Å².